The minimum absolute atomic E-state index is 0.0372. The molecular formula is C21H21NO4. The number of nitrogens with zero attached hydrogens (tertiary/aromatic N) is 1. The van der Waals surface area contributed by atoms with Crippen molar-refractivity contribution in [2.24, 2.45) is 0 Å². The van der Waals surface area contributed by atoms with Gasteiger partial charge in [0.25, 0.3) is 5.91 Å². The van der Waals surface area contributed by atoms with Gasteiger partial charge in [-0.2, -0.15) is 0 Å². The molecule has 2 aliphatic heterocycles. The summed E-state index contributed by atoms with van der Waals surface area (Å²) in [5.41, 5.74) is 1.90. The fourth-order valence-corrected chi connectivity index (χ4v) is 4.09. The second kappa shape index (κ2) is 6.92. The Kier molecular flexibility index (Phi) is 4.47. The van der Waals surface area contributed by atoms with Crippen LogP contribution in [0.4, 0.5) is 0 Å². The third-order valence-electron chi connectivity index (χ3n) is 5.27. The van der Waals surface area contributed by atoms with Crippen molar-refractivity contribution in [3.05, 3.63) is 71.3 Å². The molecule has 1 N–H and O–H groups in total. The van der Waals surface area contributed by atoms with Crippen molar-refractivity contribution < 1.29 is 19.4 Å². The van der Waals surface area contributed by atoms with Gasteiger partial charge in [0.1, 0.15) is 5.92 Å². The van der Waals surface area contributed by atoms with Gasteiger partial charge >= 0.3 is 5.97 Å². The molecule has 1 saturated heterocycles. The number of benzene rings is 2. The predicted molar refractivity (Wildman–Crippen MR) is 96.0 cm³/mol. The molecule has 0 radical (unpaired) electrons. The lowest BCUT2D eigenvalue weighted by Gasteiger charge is -2.41. The second-order valence-corrected chi connectivity index (χ2v) is 6.85. The van der Waals surface area contributed by atoms with Crippen LogP contribution in [0.15, 0.2) is 54.6 Å². The van der Waals surface area contributed by atoms with Gasteiger partial charge < -0.3 is 14.7 Å². The van der Waals surface area contributed by atoms with Crippen LogP contribution in [0, 0.1) is 0 Å². The van der Waals surface area contributed by atoms with Crippen LogP contribution in [-0.2, 0) is 9.53 Å². The van der Waals surface area contributed by atoms with Gasteiger partial charge in [0.2, 0.25) is 0 Å². The van der Waals surface area contributed by atoms with Crippen molar-refractivity contribution in [2.45, 2.75) is 30.9 Å². The summed E-state index contributed by atoms with van der Waals surface area (Å²) in [4.78, 5) is 27.2. The second-order valence-electron chi connectivity index (χ2n) is 6.85. The Balaban J connectivity index is 1.83. The van der Waals surface area contributed by atoms with Crippen LogP contribution in [0.2, 0.25) is 0 Å². The van der Waals surface area contributed by atoms with Crippen molar-refractivity contribution in [1.29, 1.82) is 0 Å². The number of carboxylic acids is 1. The lowest BCUT2D eigenvalue weighted by Crippen LogP contribution is -2.47. The van der Waals surface area contributed by atoms with Crippen molar-refractivity contribution >= 4 is 11.9 Å². The maximum atomic E-state index is 13.2. The minimum atomic E-state index is -0.920. The molecule has 0 aliphatic carbocycles. The van der Waals surface area contributed by atoms with Crippen LogP contribution in [0.5, 0.6) is 0 Å². The highest BCUT2D eigenvalue weighted by Crippen LogP contribution is 2.43. The first-order valence-corrected chi connectivity index (χ1v) is 8.96. The van der Waals surface area contributed by atoms with Crippen molar-refractivity contribution in [3.8, 4) is 0 Å². The summed E-state index contributed by atoms with van der Waals surface area (Å²) in [6.45, 7) is 1.11. The molecule has 0 unspecified atom stereocenters. The van der Waals surface area contributed by atoms with E-state index >= 15 is 0 Å². The van der Waals surface area contributed by atoms with Crippen LogP contribution in [0.1, 0.15) is 46.3 Å². The molecule has 0 bridgehead atoms. The van der Waals surface area contributed by atoms with E-state index in [1.165, 1.54) is 0 Å². The molecular weight excluding hydrogens is 330 g/mol. The first-order chi connectivity index (χ1) is 12.7. The van der Waals surface area contributed by atoms with Gasteiger partial charge in [0.15, 0.2) is 0 Å². The average Bonchev–Trinajstić information content (AvgIpc) is 3.17. The normalized spacial score (nSPS) is 25.2. The highest BCUT2D eigenvalue weighted by molar-refractivity contribution is 6.00. The fraction of sp³-hybridized carbons (Fsp3) is 0.333. The lowest BCUT2D eigenvalue weighted by molar-refractivity contribution is -0.140. The van der Waals surface area contributed by atoms with Crippen molar-refractivity contribution in [1.82, 2.24) is 4.90 Å². The number of fused-ring (bicyclic) bond motifs is 1. The number of carboxylic acid groups (broad SMARTS) is 1. The predicted octanol–water partition coefficient (Wildman–Crippen LogP) is 3.23. The maximum Gasteiger partial charge on any atom is 0.313 e. The number of carbonyl (C=O) groups excluding carboxylic acids is 1. The fourth-order valence-electron chi connectivity index (χ4n) is 4.09. The van der Waals surface area contributed by atoms with Gasteiger partial charge in [-0.15, -0.1) is 0 Å². The van der Waals surface area contributed by atoms with Gasteiger partial charge in [-0.25, -0.2) is 0 Å². The zero-order chi connectivity index (χ0) is 18.1. The molecule has 2 aromatic rings. The first kappa shape index (κ1) is 16.8. The highest BCUT2D eigenvalue weighted by atomic mass is 16.5. The summed E-state index contributed by atoms with van der Waals surface area (Å²) < 4.78 is 5.73. The molecule has 0 saturated carbocycles. The topological polar surface area (TPSA) is 66.8 Å². The molecule has 134 valence electrons. The molecule has 3 atom stereocenters. The van der Waals surface area contributed by atoms with Crippen molar-refractivity contribution in [3.63, 3.8) is 0 Å². The summed E-state index contributed by atoms with van der Waals surface area (Å²) in [6, 6.07) is 15.9. The van der Waals surface area contributed by atoms with E-state index in [2.05, 4.69) is 0 Å². The van der Waals surface area contributed by atoms with Gasteiger partial charge in [-0.1, -0.05) is 48.5 Å². The van der Waals surface area contributed by atoms with Crippen LogP contribution in [-0.4, -0.2) is 41.1 Å². The number of rotatable bonds is 4. The zero-order valence-corrected chi connectivity index (χ0v) is 14.4. The summed E-state index contributed by atoms with van der Waals surface area (Å²) in [6.07, 6.45) is 1.83. The number of aliphatic carboxylic acids is 1. The molecule has 1 fully saturated rings. The van der Waals surface area contributed by atoms with Gasteiger partial charge in [-0.3, -0.25) is 9.59 Å². The average molecular weight is 351 g/mol. The lowest BCUT2D eigenvalue weighted by atomic mass is 9.79. The highest BCUT2D eigenvalue weighted by Gasteiger charge is 2.45. The standard InChI is InChI=1S/C21H21NO4/c23-20-17-11-5-4-10-16(17)18(21(24)25)19(14-7-2-1-3-8-14)22(20)13-15-9-6-12-26-15/h1-5,7-8,10-11,15,18-19H,6,9,12-13H2,(H,24,25)/t15-,18-,19-/m1/s1. The van der Waals surface area contributed by atoms with E-state index in [1.54, 1.807) is 29.2 Å². The Hall–Kier alpha value is -2.66. The van der Waals surface area contributed by atoms with E-state index < -0.39 is 17.9 Å². The first-order valence-electron chi connectivity index (χ1n) is 8.96. The molecule has 4 rings (SSSR count). The summed E-state index contributed by atoms with van der Waals surface area (Å²) >= 11 is 0. The van der Waals surface area contributed by atoms with Gasteiger partial charge in [0.05, 0.1) is 12.1 Å². The third-order valence-corrected chi connectivity index (χ3v) is 5.27. The van der Waals surface area contributed by atoms with Crippen molar-refractivity contribution in [2.75, 3.05) is 13.2 Å². The van der Waals surface area contributed by atoms with E-state index in [-0.39, 0.29) is 12.0 Å². The molecule has 0 spiro atoms. The Morgan fingerprint density at radius 2 is 1.85 bits per heavy atom. The number of hydrogen-bond donors (Lipinski definition) is 1. The molecule has 0 aromatic heterocycles. The number of amides is 1. The monoisotopic (exact) mass is 351 g/mol. The smallest absolute Gasteiger partial charge is 0.313 e. The molecule has 26 heavy (non-hydrogen) atoms. The molecule has 1 amide bonds. The Morgan fingerprint density at radius 3 is 2.54 bits per heavy atom. The summed E-state index contributed by atoms with van der Waals surface area (Å²) in [5.74, 6) is -1.84. The van der Waals surface area contributed by atoms with E-state index in [9.17, 15) is 14.7 Å². The van der Waals surface area contributed by atoms with E-state index in [0.29, 0.717) is 24.3 Å². The molecule has 5 heteroatoms. The Bertz CT molecular complexity index is 814. The Labute approximate surface area is 152 Å². The largest absolute Gasteiger partial charge is 0.481 e. The molecule has 2 heterocycles. The molecule has 5 nitrogen and oxygen atoms in total. The zero-order valence-electron chi connectivity index (χ0n) is 14.4. The SMILES string of the molecule is O=C(O)[C@@H]1c2ccccc2C(=O)N(C[C@H]2CCCO2)[C@@H]1c1ccccc1. The van der Waals surface area contributed by atoms with E-state index in [1.807, 2.05) is 30.3 Å². The summed E-state index contributed by atoms with van der Waals surface area (Å²) in [7, 11) is 0. The van der Waals surface area contributed by atoms with E-state index in [0.717, 1.165) is 18.4 Å². The summed E-state index contributed by atoms with van der Waals surface area (Å²) in [5, 5.41) is 10.0. The van der Waals surface area contributed by atoms with Gasteiger partial charge in [0, 0.05) is 18.7 Å². The number of ether oxygens (including phenoxy) is 1. The van der Waals surface area contributed by atoms with Crippen LogP contribution >= 0.6 is 0 Å². The van der Waals surface area contributed by atoms with Crippen LogP contribution in [0.25, 0.3) is 0 Å². The Morgan fingerprint density at radius 1 is 1.12 bits per heavy atom. The van der Waals surface area contributed by atoms with E-state index in [4.69, 9.17) is 4.74 Å². The number of hydrogen-bond acceptors (Lipinski definition) is 3. The minimum Gasteiger partial charge on any atom is -0.481 e. The quantitative estimate of drug-likeness (QED) is 0.918. The number of carbonyl (C=O) groups is 2. The van der Waals surface area contributed by atoms with Crippen LogP contribution < -0.4 is 0 Å². The molecule has 2 aliphatic rings. The third kappa shape index (κ3) is 2.88. The maximum absolute atomic E-state index is 13.2. The van der Waals surface area contributed by atoms with Gasteiger partial charge in [-0.05, 0) is 30.0 Å². The molecule has 2 aromatic carbocycles. The van der Waals surface area contributed by atoms with Crippen LogP contribution in [0.3, 0.4) is 0 Å².